The van der Waals surface area contributed by atoms with Crippen LogP contribution in [0.3, 0.4) is 0 Å². The molecule has 2 rings (SSSR count). The average Bonchev–Trinajstić information content (AvgIpc) is 2.64. The van der Waals surface area contributed by atoms with Crippen LogP contribution in [-0.4, -0.2) is 44.2 Å². The maximum atomic E-state index is 13.2. The molecule has 152 valence electrons. The van der Waals surface area contributed by atoms with Gasteiger partial charge in [0.2, 0.25) is 15.9 Å². The largest absolute Gasteiger partial charge is 0.353 e. The number of hydrogen-bond donors (Lipinski definition) is 1. The van der Waals surface area contributed by atoms with E-state index in [0.29, 0.717) is 18.2 Å². The lowest BCUT2D eigenvalue weighted by atomic mass is 10.0. The second-order valence-corrected chi connectivity index (χ2v) is 10.1. The first-order chi connectivity index (χ1) is 12.8. The molecule has 0 saturated heterocycles. The van der Waals surface area contributed by atoms with Crippen molar-refractivity contribution in [3.05, 3.63) is 30.1 Å². The second kappa shape index (κ2) is 10.3. The van der Waals surface area contributed by atoms with E-state index < -0.39 is 21.9 Å². The minimum Gasteiger partial charge on any atom is -0.353 e. The predicted octanol–water partition coefficient (Wildman–Crippen LogP) is 3.55. The standard InChI is InChI=1S/C19H29FN2O3S2/c1-3-18(19(23)21-13-14-26-17-7-5-4-6-8-17)22(27(2,24)25)16-11-9-15(20)10-12-16/h9-12,17-18H,3-8,13-14H2,1-2H3,(H,21,23)/t18-/m0/s1. The van der Waals surface area contributed by atoms with E-state index in [4.69, 9.17) is 0 Å². The Morgan fingerprint density at radius 2 is 1.89 bits per heavy atom. The van der Waals surface area contributed by atoms with Gasteiger partial charge in [0.05, 0.1) is 11.9 Å². The molecule has 0 aromatic heterocycles. The summed E-state index contributed by atoms with van der Waals surface area (Å²) in [6.45, 7) is 2.28. The van der Waals surface area contributed by atoms with Crippen molar-refractivity contribution in [3.63, 3.8) is 0 Å². The second-order valence-electron chi connectivity index (χ2n) is 6.88. The minimum atomic E-state index is -3.69. The number of sulfonamides is 1. The Labute approximate surface area is 166 Å². The molecule has 0 heterocycles. The first-order valence-electron chi connectivity index (χ1n) is 9.47. The molecule has 0 bridgehead atoms. The topological polar surface area (TPSA) is 66.5 Å². The lowest BCUT2D eigenvalue weighted by Crippen LogP contribution is -2.49. The fraction of sp³-hybridized carbons (Fsp3) is 0.632. The van der Waals surface area contributed by atoms with Gasteiger partial charge >= 0.3 is 0 Å². The molecular weight excluding hydrogens is 387 g/mol. The number of rotatable bonds is 9. The summed E-state index contributed by atoms with van der Waals surface area (Å²) in [5, 5.41) is 3.54. The summed E-state index contributed by atoms with van der Waals surface area (Å²) < 4.78 is 38.9. The van der Waals surface area contributed by atoms with Crippen LogP contribution < -0.4 is 9.62 Å². The lowest BCUT2D eigenvalue weighted by Gasteiger charge is -2.30. The summed E-state index contributed by atoms with van der Waals surface area (Å²) in [5.41, 5.74) is 0.289. The molecule has 1 aromatic rings. The van der Waals surface area contributed by atoms with E-state index in [1.807, 2.05) is 11.8 Å². The van der Waals surface area contributed by atoms with Crippen LogP contribution in [0.4, 0.5) is 10.1 Å². The molecule has 8 heteroatoms. The van der Waals surface area contributed by atoms with Gasteiger partial charge in [-0.05, 0) is 43.5 Å². The van der Waals surface area contributed by atoms with Crippen molar-refractivity contribution >= 4 is 33.4 Å². The van der Waals surface area contributed by atoms with Gasteiger partial charge < -0.3 is 5.32 Å². The van der Waals surface area contributed by atoms with Crippen LogP contribution in [0, 0.1) is 5.82 Å². The number of halogens is 1. The molecule has 1 aromatic carbocycles. The van der Waals surface area contributed by atoms with Crippen LogP contribution in [-0.2, 0) is 14.8 Å². The Morgan fingerprint density at radius 3 is 2.44 bits per heavy atom. The zero-order chi connectivity index (χ0) is 19.9. The van der Waals surface area contributed by atoms with Crippen LogP contribution in [0.5, 0.6) is 0 Å². The van der Waals surface area contributed by atoms with Crippen molar-refractivity contribution in [1.82, 2.24) is 5.32 Å². The van der Waals surface area contributed by atoms with Crippen molar-refractivity contribution in [1.29, 1.82) is 0 Å². The Morgan fingerprint density at radius 1 is 1.26 bits per heavy atom. The highest BCUT2D eigenvalue weighted by atomic mass is 32.2. The van der Waals surface area contributed by atoms with Gasteiger partial charge in [-0.2, -0.15) is 11.8 Å². The van der Waals surface area contributed by atoms with Gasteiger partial charge in [0.25, 0.3) is 0 Å². The van der Waals surface area contributed by atoms with Gasteiger partial charge in [0, 0.05) is 17.5 Å². The van der Waals surface area contributed by atoms with Crippen LogP contribution >= 0.6 is 11.8 Å². The molecule has 1 fully saturated rings. The molecule has 1 amide bonds. The molecule has 1 aliphatic rings. The van der Waals surface area contributed by atoms with Gasteiger partial charge in [-0.1, -0.05) is 26.2 Å². The lowest BCUT2D eigenvalue weighted by molar-refractivity contribution is -0.122. The number of carbonyl (C=O) groups excluding carboxylic acids is 1. The number of hydrogen-bond acceptors (Lipinski definition) is 4. The van der Waals surface area contributed by atoms with E-state index >= 15 is 0 Å². The van der Waals surface area contributed by atoms with Crippen molar-refractivity contribution in [2.24, 2.45) is 0 Å². The van der Waals surface area contributed by atoms with Crippen molar-refractivity contribution in [3.8, 4) is 0 Å². The zero-order valence-electron chi connectivity index (χ0n) is 16.0. The van der Waals surface area contributed by atoms with Crippen LogP contribution in [0.25, 0.3) is 0 Å². The van der Waals surface area contributed by atoms with Crippen LogP contribution in [0.15, 0.2) is 24.3 Å². The normalized spacial score (nSPS) is 16.7. The molecule has 5 nitrogen and oxygen atoms in total. The molecule has 0 radical (unpaired) electrons. The van der Waals surface area contributed by atoms with Crippen molar-refractivity contribution < 1.29 is 17.6 Å². The summed E-state index contributed by atoms with van der Waals surface area (Å²) in [4.78, 5) is 12.7. The summed E-state index contributed by atoms with van der Waals surface area (Å²) >= 11 is 1.88. The quantitative estimate of drug-likeness (QED) is 0.625. The van der Waals surface area contributed by atoms with E-state index in [9.17, 15) is 17.6 Å². The summed E-state index contributed by atoms with van der Waals surface area (Å²) in [6.07, 6.45) is 7.74. The average molecular weight is 417 g/mol. The summed E-state index contributed by atoms with van der Waals surface area (Å²) in [7, 11) is -3.69. The molecule has 0 spiro atoms. The molecular formula is C19H29FN2O3S2. The highest BCUT2D eigenvalue weighted by molar-refractivity contribution is 7.99. The third-order valence-corrected chi connectivity index (χ3v) is 7.28. The first-order valence-corrected chi connectivity index (χ1v) is 12.4. The zero-order valence-corrected chi connectivity index (χ0v) is 17.6. The third-order valence-electron chi connectivity index (χ3n) is 4.72. The molecule has 1 atom stereocenters. The number of amides is 1. The molecule has 0 aliphatic heterocycles. The van der Waals surface area contributed by atoms with E-state index in [-0.39, 0.29) is 11.6 Å². The Hall–Kier alpha value is -1.28. The molecule has 27 heavy (non-hydrogen) atoms. The van der Waals surface area contributed by atoms with E-state index in [0.717, 1.165) is 16.3 Å². The Balaban J connectivity index is 1.98. The third kappa shape index (κ3) is 6.68. The summed E-state index contributed by atoms with van der Waals surface area (Å²) in [5.74, 6) is 0.0448. The van der Waals surface area contributed by atoms with Gasteiger partial charge in [-0.3, -0.25) is 9.10 Å². The number of thioether (sulfide) groups is 1. The van der Waals surface area contributed by atoms with E-state index in [2.05, 4.69) is 5.32 Å². The van der Waals surface area contributed by atoms with Crippen LogP contribution in [0.1, 0.15) is 45.4 Å². The molecule has 1 saturated carbocycles. The van der Waals surface area contributed by atoms with Gasteiger partial charge in [-0.25, -0.2) is 12.8 Å². The fourth-order valence-electron chi connectivity index (χ4n) is 3.40. The minimum absolute atomic E-state index is 0.289. The van der Waals surface area contributed by atoms with E-state index in [1.54, 1.807) is 6.92 Å². The Bertz CT molecular complexity index is 704. The summed E-state index contributed by atoms with van der Waals surface area (Å²) in [6, 6.07) is 4.29. The van der Waals surface area contributed by atoms with Crippen molar-refractivity contribution in [2.75, 3.05) is 22.9 Å². The molecule has 0 unspecified atom stereocenters. The first kappa shape index (κ1) is 22.0. The van der Waals surface area contributed by atoms with E-state index in [1.165, 1.54) is 56.4 Å². The number of anilines is 1. The molecule has 1 aliphatic carbocycles. The fourth-order valence-corrected chi connectivity index (χ4v) is 5.83. The van der Waals surface area contributed by atoms with Crippen LogP contribution in [0.2, 0.25) is 0 Å². The van der Waals surface area contributed by atoms with Gasteiger partial charge in [-0.15, -0.1) is 0 Å². The molecule has 1 N–H and O–H groups in total. The maximum absolute atomic E-state index is 13.2. The maximum Gasteiger partial charge on any atom is 0.243 e. The van der Waals surface area contributed by atoms with Gasteiger partial charge in [0.1, 0.15) is 11.9 Å². The smallest absolute Gasteiger partial charge is 0.243 e. The predicted molar refractivity (Wildman–Crippen MR) is 110 cm³/mol. The number of nitrogens with one attached hydrogen (secondary N) is 1. The monoisotopic (exact) mass is 416 g/mol. The SMILES string of the molecule is CC[C@@H](C(=O)NCCSC1CCCCC1)N(c1ccc(F)cc1)S(C)(=O)=O. The highest BCUT2D eigenvalue weighted by Crippen LogP contribution is 2.28. The number of nitrogens with zero attached hydrogens (tertiary/aromatic N) is 1. The Kier molecular flexibility index (Phi) is 8.41. The number of carbonyl (C=O) groups is 1. The number of benzene rings is 1. The highest BCUT2D eigenvalue weighted by Gasteiger charge is 2.31. The van der Waals surface area contributed by atoms with Gasteiger partial charge in [0.15, 0.2) is 0 Å². The van der Waals surface area contributed by atoms with Crippen molar-refractivity contribution in [2.45, 2.75) is 56.7 Å².